The van der Waals surface area contributed by atoms with Gasteiger partial charge in [-0.2, -0.15) is 0 Å². The van der Waals surface area contributed by atoms with Crippen LogP contribution in [0.5, 0.6) is 0 Å². The maximum absolute atomic E-state index is 13.6. The van der Waals surface area contributed by atoms with Crippen molar-refractivity contribution in [3.8, 4) is 0 Å². The van der Waals surface area contributed by atoms with Crippen molar-refractivity contribution in [1.29, 1.82) is 0 Å². The molecule has 1 atom stereocenters. The maximum Gasteiger partial charge on any atom is 0.137 e. The van der Waals surface area contributed by atoms with Crippen LogP contribution in [0.2, 0.25) is 0 Å². The molecule has 0 fully saturated rings. The Balaban J connectivity index is 2.44. The lowest BCUT2D eigenvalue weighted by molar-refractivity contribution is 0.191. The summed E-state index contributed by atoms with van der Waals surface area (Å²) in [5.41, 5.74) is 0.0798. The fourth-order valence-electron chi connectivity index (χ4n) is 1.69. The highest BCUT2D eigenvalue weighted by Crippen LogP contribution is 2.36. The molecule has 0 bridgehead atoms. The number of aliphatic hydroxyl groups excluding tert-OH is 1. The summed E-state index contributed by atoms with van der Waals surface area (Å²) in [7, 11) is 0. The predicted octanol–water partition coefficient (Wildman–Crippen LogP) is 4.31. The molecule has 0 saturated heterocycles. The Kier molecular flexibility index (Phi) is 4.17. The average molecular weight is 284 g/mol. The molecule has 0 unspecified atom stereocenters. The Morgan fingerprint density at radius 1 is 1.00 bits per heavy atom. The molecular weight excluding hydrogens is 273 g/mol. The molecule has 2 aromatic carbocycles. The summed E-state index contributed by atoms with van der Waals surface area (Å²) in [5, 5.41) is 9.57. The number of aliphatic hydroxyl groups is 1. The van der Waals surface area contributed by atoms with Gasteiger partial charge in [0, 0.05) is 10.5 Å². The van der Waals surface area contributed by atoms with Crippen molar-refractivity contribution >= 4 is 11.8 Å². The largest absolute Gasteiger partial charge is 0.389 e. The third kappa shape index (κ3) is 3.11. The zero-order valence-corrected chi connectivity index (χ0v) is 10.8. The minimum Gasteiger partial charge on any atom is -0.389 e. The lowest BCUT2D eigenvalue weighted by atomic mass is 10.1. The van der Waals surface area contributed by atoms with E-state index >= 15 is 0 Å². The van der Waals surface area contributed by atoms with E-state index in [1.54, 1.807) is 6.07 Å². The smallest absolute Gasteiger partial charge is 0.137 e. The lowest BCUT2D eigenvalue weighted by Gasteiger charge is -2.12. The Bertz CT molecular complexity index is 599. The van der Waals surface area contributed by atoms with Crippen LogP contribution in [-0.2, 0) is 0 Å². The van der Waals surface area contributed by atoms with Gasteiger partial charge in [0.05, 0.1) is 11.0 Å². The van der Waals surface area contributed by atoms with E-state index in [-0.39, 0.29) is 10.5 Å². The summed E-state index contributed by atoms with van der Waals surface area (Å²) in [6, 6.07) is 7.30. The van der Waals surface area contributed by atoms with E-state index in [1.807, 2.05) is 0 Å². The molecular formula is C14H11F3OS. The second-order valence-electron chi connectivity index (χ2n) is 4.00. The molecule has 1 nitrogen and oxygen atoms in total. The Labute approximate surface area is 113 Å². The van der Waals surface area contributed by atoms with Gasteiger partial charge in [0.15, 0.2) is 0 Å². The summed E-state index contributed by atoms with van der Waals surface area (Å²) in [6.07, 6.45) is -1.03. The minimum atomic E-state index is -1.03. The molecule has 0 spiro atoms. The minimum absolute atomic E-state index is 0.0486. The van der Waals surface area contributed by atoms with Crippen molar-refractivity contribution < 1.29 is 18.3 Å². The number of hydrogen-bond acceptors (Lipinski definition) is 2. The lowest BCUT2D eigenvalue weighted by Crippen LogP contribution is -1.98. The molecule has 0 radical (unpaired) electrons. The molecule has 0 amide bonds. The van der Waals surface area contributed by atoms with Gasteiger partial charge in [-0.25, -0.2) is 13.2 Å². The highest BCUT2D eigenvalue weighted by molar-refractivity contribution is 7.99. The summed E-state index contributed by atoms with van der Waals surface area (Å²) >= 11 is 0.882. The first-order valence-electron chi connectivity index (χ1n) is 5.58. The molecule has 2 rings (SSSR count). The Morgan fingerprint density at radius 3 is 2.42 bits per heavy atom. The van der Waals surface area contributed by atoms with Crippen LogP contribution >= 0.6 is 11.8 Å². The molecule has 0 aliphatic heterocycles. The number of benzene rings is 2. The SMILES string of the molecule is C[C@@H](O)c1c(F)cccc1Sc1cc(F)ccc1F. The van der Waals surface area contributed by atoms with Gasteiger partial charge in [0.25, 0.3) is 0 Å². The van der Waals surface area contributed by atoms with E-state index < -0.39 is 23.6 Å². The molecule has 0 aliphatic rings. The van der Waals surface area contributed by atoms with Gasteiger partial charge in [0.2, 0.25) is 0 Å². The van der Waals surface area contributed by atoms with Crippen molar-refractivity contribution in [2.45, 2.75) is 22.8 Å². The topological polar surface area (TPSA) is 20.2 Å². The first kappa shape index (κ1) is 14.0. The Morgan fingerprint density at radius 2 is 1.74 bits per heavy atom. The fourth-order valence-corrected chi connectivity index (χ4v) is 2.78. The van der Waals surface area contributed by atoms with Crippen LogP contribution in [0.3, 0.4) is 0 Å². The number of hydrogen-bond donors (Lipinski definition) is 1. The zero-order valence-electron chi connectivity index (χ0n) is 10.0. The average Bonchev–Trinajstić information content (AvgIpc) is 2.33. The van der Waals surface area contributed by atoms with E-state index in [2.05, 4.69) is 0 Å². The summed E-state index contributed by atoms with van der Waals surface area (Å²) in [4.78, 5) is 0.409. The molecule has 0 aliphatic carbocycles. The van der Waals surface area contributed by atoms with Crippen molar-refractivity contribution in [2.24, 2.45) is 0 Å². The van der Waals surface area contributed by atoms with Crippen LogP contribution in [-0.4, -0.2) is 5.11 Å². The van der Waals surface area contributed by atoms with Crippen LogP contribution in [0.4, 0.5) is 13.2 Å². The highest BCUT2D eigenvalue weighted by atomic mass is 32.2. The van der Waals surface area contributed by atoms with Gasteiger partial charge in [-0.05, 0) is 37.3 Å². The quantitative estimate of drug-likeness (QED) is 0.906. The molecule has 100 valence electrons. The van der Waals surface area contributed by atoms with Crippen LogP contribution in [0.15, 0.2) is 46.2 Å². The van der Waals surface area contributed by atoms with Crippen LogP contribution in [0.25, 0.3) is 0 Å². The van der Waals surface area contributed by atoms with Crippen molar-refractivity contribution in [2.75, 3.05) is 0 Å². The molecule has 1 N–H and O–H groups in total. The van der Waals surface area contributed by atoms with Gasteiger partial charge in [-0.15, -0.1) is 0 Å². The second-order valence-corrected chi connectivity index (χ2v) is 5.09. The van der Waals surface area contributed by atoms with Gasteiger partial charge in [-0.3, -0.25) is 0 Å². The number of rotatable bonds is 3. The van der Waals surface area contributed by atoms with E-state index in [9.17, 15) is 18.3 Å². The fraction of sp³-hybridized carbons (Fsp3) is 0.143. The number of halogens is 3. The van der Waals surface area contributed by atoms with Crippen molar-refractivity contribution in [3.05, 3.63) is 59.4 Å². The summed E-state index contributed by atoms with van der Waals surface area (Å²) < 4.78 is 40.3. The molecule has 5 heteroatoms. The molecule has 0 saturated carbocycles. The standard InChI is InChI=1S/C14H11F3OS/c1-8(18)14-11(17)3-2-4-12(14)19-13-7-9(15)5-6-10(13)16/h2-8,18H,1H3/t8-/m1/s1. The maximum atomic E-state index is 13.6. The molecule has 0 heterocycles. The molecule has 19 heavy (non-hydrogen) atoms. The Hall–Kier alpha value is -1.46. The third-order valence-corrected chi connectivity index (χ3v) is 3.65. The normalized spacial score (nSPS) is 12.5. The van der Waals surface area contributed by atoms with E-state index in [0.29, 0.717) is 4.90 Å². The first-order valence-corrected chi connectivity index (χ1v) is 6.40. The van der Waals surface area contributed by atoms with Crippen molar-refractivity contribution in [3.63, 3.8) is 0 Å². The monoisotopic (exact) mass is 284 g/mol. The van der Waals surface area contributed by atoms with Gasteiger partial charge in [0.1, 0.15) is 17.5 Å². The van der Waals surface area contributed by atoms with E-state index in [4.69, 9.17) is 0 Å². The van der Waals surface area contributed by atoms with Crippen LogP contribution in [0, 0.1) is 17.5 Å². The van der Waals surface area contributed by atoms with Gasteiger partial charge in [-0.1, -0.05) is 17.8 Å². The second kappa shape index (κ2) is 5.67. The molecule has 0 aromatic heterocycles. The third-order valence-electron chi connectivity index (χ3n) is 2.54. The van der Waals surface area contributed by atoms with Crippen LogP contribution < -0.4 is 0 Å². The predicted molar refractivity (Wildman–Crippen MR) is 67.5 cm³/mol. The van der Waals surface area contributed by atoms with Gasteiger partial charge >= 0.3 is 0 Å². The van der Waals surface area contributed by atoms with Crippen molar-refractivity contribution in [1.82, 2.24) is 0 Å². The zero-order chi connectivity index (χ0) is 14.0. The summed E-state index contributed by atoms with van der Waals surface area (Å²) in [6.45, 7) is 1.42. The van der Waals surface area contributed by atoms with Gasteiger partial charge < -0.3 is 5.11 Å². The van der Waals surface area contributed by atoms with E-state index in [1.165, 1.54) is 19.1 Å². The summed E-state index contributed by atoms with van der Waals surface area (Å²) in [5.74, 6) is -1.73. The molecule has 2 aromatic rings. The van der Waals surface area contributed by atoms with E-state index in [0.717, 1.165) is 30.0 Å². The van der Waals surface area contributed by atoms with Crippen LogP contribution in [0.1, 0.15) is 18.6 Å². The first-order chi connectivity index (χ1) is 8.99. The highest BCUT2D eigenvalue weighted by Gasteiger charge is 2.16.